The predicted molar refractivity (Wildman–Crippen MR) is 109 cm³/mol. The fourth-order valence-corrected chi connectivity index (χ4v) is 3.83. The minimum absolute atomic E-state index is 0.0675. The maximum absolute atomic E-state index is 12.8. The second-order valence-electron chi connectivity index (χ2n) is 7.61. The second kappa shape index (κ2) is 7.53. The van der Waals surface area contributed by atoms with E-state index in [0.717, 1.165) is 47.8 Å². The van der Waals surface area contributed by atoms with Crippen LogP contribution in [0, 0.1) is 5.92 Å². The Hall–Kier alpha value is -3.03. The molecular formula is C20H25N7O. The molecule has 0 unspecified atom stereocenters. The third-order valence-corrected chi connectivity index (χ3v) is 5.28. The number of hydrogen-bond acceptors (Lipinski definition) is 6. The minimum Gasteiger partial charge on any atom is -0.374 e. The Morgan fingerprint density at radius 1 is 1.14 bits per heavy atom. The molecule has 3 aromatic rings. The van der Waals surface area contributed by atoms with Gasteiger partial charge in [0.1, 0.15) is 5.69 Å². The minimum atomic E-state index is 0.0675. The summed E-state index contributed by atoms with van der Waals surface area (Å²) in [7, 11) is 5.73. The van der Waals surface area contributed by atoms with E-state index in [1.165, 1.54) is 6.42 Å². The van der Waals surface area contributed by atoms with E-state index in [1.54, 1.807) is 17.1 Å². The third-order valence-electron chi connectivity index (χ3n) is 5.28. The molecule has 1 amide bonds. The van der Waals surface area contributed by atoms with Gasteiger partial charge in [-0.3, -0.25) is 14.5 Å². The SMILES string of the molecule is CN(C)c1c(NC(=O)C2CCCCC2)ncc2cnc(-c3cn(C)nn3)cc12. The number of hydrogen-bond donors (Lipinski definition) is 1. The summed E-state index contributed by atoms with van der Waals surface area (Å²) in [5.41, 5.74) is 2.31. The van der Waals surface area contributed by atoms with E-state index in [4.69, 9.17) is 0 Å². The van der Waals surface area contributed by atoms with Crippen LogP contribution >= 0.6 is 0 Å². The van der Waals surface area contributed by atoms with Crippen molar-refractivity contribution in [1.29, 1.82) is 0 Å². The van der Waals surface area contributed by atoms with E-state index in [9.17, 15) is 4.79 Å². The van der Waals surface area contributed by atoms with Crippen molar-refractivity contribution in [3.63, 3.8) is 0 Å². The molecule has 146 valence electrons. The van der Waals surface area contributed by atoms with Crippen LogP contribution in [-0.2, 0) is 11.8 Å². The number of amides is 1. The number of carbonyl (C=O) groups excluding carboxylic acids is 1. The lowest BCUT2D eigenvalue weighted by Gasteiger charge is -2.23. The molecule has 28 heavy (non-hydrogen) atoms. The topological polar surface area (TPSA) is 88.8 Å². The number of rotatable bonds is 4. The van der Waals surface area contributed by atoms with Gasteiger partial charge in [-0.2, -0.15) is 0 Å². The molecule has 0 bridgehead atoms. The maximum Gasteiger partial charge on any atom is 0.228 e. The summed E-state index contributed by atoms with van der Waals surface area (Å²) >= 11 is 0. The summed E-state index contributed by atoms with van der Waals surface area (Å²) in [6.07, 6.45) is 10.7. The molecule has 0 spiro atoms. The summed E-state index contributed by atoms with van der Waals surface area (Å²) in [6, 6.07) is 1.98. The highest BCUT2D eigenvalue weighted by Gasteiger charge is 2.23. The van der Waals surface area contributed by atoms with E-state index in [1.807, 2.05) is 38.3 Å². The number of carbonyl (C=O) groups is 1. The van der Waals surface area contributed by atoms with Crippen molar-refractivity contribution >= 4 is 28.2 Å². The van der Waals surface area contributed by atoms with Gasteiger partial charge in [0, 0.05) is 50.2 Å². The van der Waals surface area contributed by atoms with Crippen molar-refractivity contribution in [3.05, 3.63) is 24.7 Å². The quantitative estimate of drug-likeness (QED) is 0.750. The zero-order valence-corrected chi connectivity index (χ0v) is 16.5. The zero-order chi connectivity index (χ0) is 19.7. The first-order valence-electron chi connectivity index (χ1n) is 9.66. The number of pyridine rings is 2. The van der Waals surface area contributed by atoms with Crippen LogP contribution in [0.5, 0.6) is 0 Å². The first-order valence-corrected chi connectivity index (χ1v) is 9.66. The molecule has 3 aromatic heterocycles. The van der Waals surface area contributed by atoms with Gasteiger partial charge in [-0.1, -0.05) is 24.5 Å². The number of aromatic nitrogens is 5. The van der Waals surface area contributed by atoms with Crippen LogP contribution in [0.4, 0.5) is 11.5 Å². The molecule has 1 fully saturated rings. The lowest BCUT2D eigenvalue weighted by Crippen LogP contribution is -2.26. The molecular weight excluding hydrogens is 354 g/mol. The first kappa shape index (κ1) is 18.3. The van der Waals surface area contributed by atoms with Crippen molar-refractivity contribution in [1.82, 2.24) is 25.0 Å². The highest BCUT2D eigenvalue weighted by Crippen LogP contribution is 2.34. The summed E-state index contributed by atoms with van der Waals surface area (Å²) in [5.74, 6) is 0.732. The molecule has 1 saturated carbocycles. The van der Waals surface area contributed by atoms with Crippen molar-refractivity contribution in [2.75, 3.05) is 24.3 Å². The van der Waals surface area contributed by atoms with Crippen LogP contribution < -0.4 is 10.2 Å². The number of nitrogens with zero attached hydrogens (tertiary/aromatic N) is 6. The predicted octanol–water partition coefficient (Wildman–Crippen LogP) is 3.01. The normalized spacial score (nSPS) is 15.0. The second-order valence-corrected chi connectivity index (χ2v) is 7.61. The van der Waals surface area contributed by atoms with Crippen LogP contribution in [0.2, 0.25) is 0 Å². The third kappa shape index (κ3) is 3.54. The summed E-state index contributed by atoms with van der Waals surface area (Å²) < 4.78 is 1.65. The van der Waals surface area contributed by atoms with Gasteiger partial charge < -0.3 is 10.2 Å². The number of anilines is 2. The lowest BCUT2D eigenvalue weighted by atomic mass is 9.88. The summed E-state index contributed by atoms with van der Waals surface area (Å²) in [4.78, 5) is 23.8. The highest BCUT2D eigenvalue weighted by atomic mass is 16.1. The van der Waals surface area contributed by atoms with E-state index in [0.29, 0.717) is 11.5 Å². The van der Waals surface area contributed by atoms with Gasteiger partial charge in [0.25, 0.3) is 0 Å². The van der Waals surface area contributed by atoms with Gasteiger partial charge in [0.15, 0.2) is 5.82 Å². The summed E-state index contributed by atoms with van der Waals surface area (Å²) in [5, 5.41) is 13.1. The molecule has 1 N–H and O–H groups in total. The van der Waals surface area contributed by atoms with Crippen molar-refractivity contribution < 1.29 is 4.79 Å². The van der Waals surface area contributed by atoms with Gasteiger partial charge in [-0.25, -0.2) is 4.98 Å². The van der Waals surface area contributed by atoms with Crippen LogP contribution in [0.1, 0.15) is 32.1 Å². The monoisotopic (exact) mass is 379 g/mol. The van der Waals surface area contributed by atoms with Gasteiger partial charge >= 0.3 is 0 Å². The Kier molecular flexibility index (Phi) is 4.93. The molecule has 0 aliphatic heterocycles. The number of fused-ring (bicyclic) bond motifs is 1. The fourth-order valence-electron chi connectivity index (χ4n) is 3.83. The number of aryl methyl sites for hydroxylation is 1. The Labute approximate surface area is 164 Å². The Balaban J connectivity index is 1.74. The average Bonchev–Trinajstić information content (AvgIpc) is 3.14. The molecule has 0 atom stereocenters. The molecule has 0 aromatic carbocycles. The van der Waals surface area contributed by atoms with Gasteiger partial charge in [0.2, 0.25) is 5.91 Å². The Morgan fingerprint density at radius 3 is 2.57 bits per heavy atom. The van der Waals surface area contributed by atoms with Gasteiger partial charge in [0.05, 0.1) is 17.6 Å². The van der Waals surface area contributed by atoms with Crippen molar-refractivity contribution in [2.45, 2.75) is 32.1 Å². The maximum atomic E-state index is 12.8. The van der Waals surface area contributed by atoms with Crippen LogP contribution in [-0.4, -0.2) is 45.0 Å². The molecule has 0 radical (unpaired) electrons. The van der Waals surface area contributed by atoms with E-state index in [2.05, 4.69) is 25.6 Å². The molecule has 8 heteroatoms. The number of nitrogens with one attached hydrogen (secondary N) is 1. The Morgan fingerprint density at radius 2 is 1.89 bits per heavy atom. The van der Waals surface area contributed by atoms with Crippen molar-refractivity contribution in [2.24, 2.45) is 13.0 Å². The van der Waals surface area contributed by atoms with Crippen LogP contribution in [0.25, 0.3) is 22.2 Å². The highest BCUT2D eigenvalue weighted by molar-refractivity contribution is 6.04. The molecule has 4 rings (SSSR count). The van der Waals surface area contributed by atoms with Gasteiger partial charge in [-0.15, -0.1) is 5.10 Å². The fraction of sp³-hybridized carbons (Fsp3) is 0.450. The van der Waals surface area contributed by atoms with Crippen molar-refractivity contribution in [3.8, 4) is 11.4 Å². The average molecular weight is 379 g/mol. The van der Waals surface area contributed by atoms with E-state index < -0.39 is 0 Å². The molecule has 3 heterocycles. The first-order chi connectivity index (χ1) is 13.5. The molecule has 0 saturated heterocycles. The molecule has 1 aliphatic carbocycles. The van der Waals surface area contributed by atoms with Crippen LogP contribution in [0.15, 0.2) is 24.7 Å². The molecule has 1 aliphatic rings. The van der Waals surface area contributed by atoms with E-state index in [-0.39, 0.29) is 11.8 Å². The zero-order valence-electron chi connectivity index (χ0n) is 16.5. The summed E-state index contributed by atoms with van der Waals surface area (Å²) in [6.45, 7) is 0. The Bertz CT molecular complexity index is 1000. The standard InChI is InChI=1S/C20H25N7O/c1-26(2)18-15-9-16(17-12-27(3)25-24-17)21-10-14(15)11-22-19(18)23-20(28)13-7-5-4-6-8-13/h9-13H,4-8H2,1-3H3,(H,22,23,28). The largest absolute Gasteiger partial charge is 0.374 e. The smallest absolute Gasteiger partial charge is 0.228 e. The lowest BCUT2D eigenvalue weighted by molar-refractivity contribution is -0.120. The molecule has 8 nitrogen and oxygen atoms in total. The van der Waals surface area contributed by atoms with Crippen LogP contribution in [0.3, 0.4) is 0 Å². The van der Waals surface area contributed by atoms with E-state index >= 15 is 0 Å². The van der Waals surface area contributed by atoms with Gasteiger partial charge in [-0.05, 0) is 18.9 Å².